The van der Waals surface area contributed by atoms with Crippen molar-refractivity contribution in [3.05, 3.63) is 0 Å². The van der Waals surface area contributed by atoms with E-state index in [1.165, 1.54) is 12.8 Å². The van der Waals surface area contributed by atoms with E-state index in [0.717, 1.165) is 25.9 Å². The van der Waals surface area contributed by atoms with Gasteiger partial charge in [-0.15, -0.1) is 0 Å². The Labute approximate surface area is 117 Å². The molecule has 112 valence electrons. The Kier molecular flexibility index (Phi) is 7.34. The lowest BCUT2D eigenvalue weighted by Crippen LogP contribution is -2.44. The van der Waals surface area contributed by atoms with Crippen LogP contribution in [0.4, 0.5) is 0 Å². The van der Waals surface area contributed by atoms with E-state index in [1.807, 2.05) is 14.1 Å². The molecule has 1 unspecified atom stereocenters. The van der Waals surface area contributed by atoms with Crippen LogP contribution in [0.3, 0.4) is 0 Å². The maximum absolute atomic E-state index is 12.4. The average Bonchev–Trinajstić information content (AvgIpc) is 2.89. The lowest BCUT2D eigenvalue weighted by atomic mass is 10.1. The fraction of sp³-hybridized carbons (Fsp3) is 0.929. The number of hydrogen-bond donors (Lipinski definition) is 1. The van der Waals surface area contributed by atoms with Crippen molar-refractivity contribution in [1.82, 2.24) is 9.80 Å². The molecule has 0 aliphatic heterocycles. The van der Waals surface area contributed by atoms with Gasteiger partial charge in [0.05, 0.1) is 12.5 Å². The molecule has 0 aromatic rings. The second kappa shape index (κ2) is 8.51. The highest BCUT2D eigenvalue weighted by molar-refractivity contribution is 5.77. The molecule has 0 aromatic heterocycles. The summed E-state index contributed by atoms with van der Waals surface area (Å²) in [6, 6.07) is 0.419. The summed E-state index contributed by atoms with van der Waals surface area (Å²) >= 11 is 0. The van der Waals surface area contributed by atoms with Crippen LogP contribution in [-0.4, -0.2) is 68.7 Å². The molecule has 0 heterocycles. The maximum Gasteiger partial charge on any atom is 0.225 e. The number of hydrogen-bond acceptors (Lipinski definition) is 4. The van der Waals surface area contributed by atoms with Crippen molar-refractivity contribution in [3.63, 3.8) is 0 Å². The first-order chi connectivity index (χ1) is 9.08. The van der Waals surface area contributed by atoms with E-state index in [-0.39, 0.29) is 12.0 Å². The smallest absolute Gasteiger partial charge is 0.225 e. The number of methoxy groups -OCH3 is 1. The topological polar surface area (TPSA) is 58.8 Å². The molecule has 5 nitrogen and oxygen atoms in total. The largest absolute Gasteiger partial charge is 0.380 e. The Morgan fingerprint density at radius 1 is 1.32 bits per heavy atom. The Morgan fingerprint density at radius 3 is 2.42 bits per heavy atom. The lowest BCUT2D eigenvalue weighted by molar-refractivity contribution is -0.136. The first-order valence-corrected chi connectivity index (χ1v) is 7.25. The van der Waals surface area contributed by atoms with Crippen molar-refractivity contribution < 1.29 is 9.53 Å². The van der Waals surface area contributed by atoms with Gasteiger partial charge in [0.1, 0.15) is 0 Å². The van der Waals surface area contributed by atoms with Crippen molar-refractivity contribution >= 4 is 5.91 Å². The van der Waals surface area contributed by atoms with Gasteiger partial charge >= 0.3 is 0 Å². The third kappa shape index (κ3) is 5.47. The number of amides is 1. The molecule has 1 amide bonds. The molecule has 0 aromatic carbocycles. The molecule has 1 saturated carbocycles. The van der Waals surface area contributed by atoms with E-state index in [1.54, 1.807) is 7.11 Å². The van der Waals surface area contributed by atoms with Gasteiger partial charge in [0.15, 0.2) is 0 Å². The number of likely N-dealkylation sites (N-methyl/N-ethyl adjacent to an activating group) is 1. The van der Waals surface area contributed by atoms with Gasteiger partial charge in [-0.3, -0.25) is 4.79 Å². The average molecular weight is 271 g/mol. The Morgan fingerprint density at radius 2 is 1.95 bits per heavy atom. The SMILES string of the molecule is COC(CN)CC(=O)N(CCN(C)C)C1CCCC1. The normalized spacial score (nSPS) is 17.9. The highest BCUT2D eigenvalue weighted by Gasteiger charge is 2.27. The summed E-state index contributed by atoms with van der Waals surface area (Å²) in [6.07, 6.45) is 4.99. The molecule has 1 aliphatic carbocycles. The second-order valence-electron chi connectivity index (χ2n) is 5.63. The zero-order valence-electron chi connectivity index (χ0n) is 12.6. The van der Waals surface area contributed by atoms with Crippen LogP contribution in [0, 0.1) is 0 Å². The van der Waals surface area contributed by atoms with Crippen LogP contribution in [0.25, 0.3) is 0 Å². The van der Waals surface area contributed by atoms with E-state index in [0.29, 0.717) is 19.0 Å². The predicted molar refractivity (Wildman–Crippen MR) is 77.0 cm³/mol. The summed E-state index contributed by atoms with van der Waals surface area (Å²) in [4.78, 5) is 16.6. The van der Waals surface area contributed by atoms with Crippen molar-refractivity contribution in [2.45, 2.75) is 44.2 Å². The van der Waals surface area contributed by atoms with Gasteiger partial charge in [0, 0.05) is 32.8 Å². The van der Waals surface area contributed by atoms with Crippen LogP contribution in [0.1, 0.15) is 32.1 Å². The molecule has 0 saturated heterocycles. The fourth-order valence-electron chi connectivity index (χ4n) is 2.61. The molecule has 1 rings (SSSR count). The summed E-state index contributed by atoms with van der Waals surface area (Å²) in [5.74, 6) is 0.186. The minimum atomic E-state index is -0.157. The molecule has 0 spiro atoms. The molecule has 1 atom stereocenters. The van der Waals surface area contributed by atoms with Crippen LogP contribution < -0.4 is 5.73 Å². The number of rotatable bonds is 8. The van der Waals surface area contributed by atoms with E-state index in [2.05, 4.69) is 9.80 Å². The van der Waals surface area contributed by atoms with Crippen molar-refractivity contribution in [2.24, 2.45) is 5.73 Å². The molecule has 1 fully saturated rings. The third-order valence-corrected chi connectivity index (χ3v) is 3.87. The fourth-order valence-corrected chi connectivity index (χ4v) is 2.61. The standard InChI is InChI=1S/C14H29N3O2/c1-16(2)8-9-17(12-6-4-5-7-12)14(18)10-13(11-15)19-3/h12-13H,4-11,15H2,1-3H3. The maximum atomic E-state index is 12.4. The van der Waals surface area contributed by atoms with Crippen LogP contribution in [0.5, 0.6) is 0 Å². The summed E-state index contributed by atoms with van der Waals surface area (Å²) in [5, 5.41) is 0. The van der Waals surface area contributed by atoms with Crippen molar-refractivity contribution in [3.8, 4) is 0 Å². The second-order valence-corrected chi connectivity index (χ2v) is 5.63. The number of nitrogens with zero attached hydrogens (tertiary/aromatic N) is 2. The van der Waals surface area contributed by atoms with Crippen molar-refractivity contribution in [2.75, 3.05) is 40.8 Å². The monoisotopic (exact) mass is 271 g/mol. The van der Waals surface area contributed by atoms with Gasteiger partial charge in [0.25, 0.3) is 0 Å². The lowest BCUT2D eigenvalue weighted by Gasteiger charge is -2.31. The number of ether oxygens (including phenoxy) is 1. The minimum Gasteiger partial charge on any atom is -0.380 e. The van der Waals surface area contributed by atoms with Gasteiger partial charge in [-0.25, -0.2) is 0 Å². The summed E-state index contributed by atoms with van der Waals surface area (Å²) in [7, 11) is 5.69. The molecule has 0 radical (unpaired) electrons. The molecular weight excluding hydrogens is 242 g/mol. The molecule has 1 aliphatic rings. The van der Waals surface area contributed by atoms with E-state index >= 15 is 0 Å². The van der Waals surface area contributed by atoms with Gasteiger partial charge in [-0.2, -0.15) is 0 Å². The molecule has 5 heteroatoms. The number of carbonyl (C=O) groups excluding carboxylic acids is 1. The number of carbonyl (C=O) groups is 1. The van der Waals surface area contributed by atoms with Gasteiger partial charge < -0.3 is 20.3 Å². The van der Waals surface area contributed by atoms with Gasteiger partial charge in [-0.1, -0.05) is 12.8 Å². The summed E-state index contributed by atoms with van der Waals surface area (Å²) < 4.78 is 5.23. The first-order valence-electron chi connectivity index (χ1n) is 7.25. The van der Waals surface area contributed by atoms with E-state index in [4.69, 9.17) is 10.5 Å². The van der Waals surface area contributed by atoms with Crippen LogP contribution >= 0.6 is 0 Å². The molecule has 2 N–H and O–H groups in total. The predicted octanol–water partition coefficient (Wildman–Crippen LogP) is 0.683. The Hall–Kier alpha value is -0.650. The summed E-state index contributed by atoms with van der Waals surface area (Å²) in [6.45, 7) is 2.11. The van der Waals surface area contributed by atoms with Crippen LogP contribution in [0.2, 0.25) is 0 Å². The Bertz CT molecular complexity index is 261. The van der Waals surface area contributed by atoms with E-state index < -0.39 is 0 Å². The third-order valence-electron chi connectivity index (χ3n) is 3.87. The highest BCUT2D eigenvalue weighted by atomic mass is 16.5. The zero-order chi connectivity index (χ0) is 14.3. The van der Waals surface area contributed by atoms with Crippen LogP contribution in [-0.2, 0) is 9.53 Å². The quantitative estimate of drug-likeness (QED) is 0.705. The molecular formula is C14H29N3O2. The summed E-state index contributed by atoms with van der Waals surface area (Å²) in [5.41, 5.74) is 5.60. The van der Waals surface area contributed by atoms with Crippen LogP contribution in [0.15, 0.2) is 0 Å². The first kappa shape index (κ1) is 16.4. The zero-order valence-corrected chi connectivity index (χ0v) is 12.6. The van der Waals surface area contributed by atoms with E-state index in [9.17, 15) is 4.79 Å². The van der Waals surface area contributed by atoms with Crippen molar-refractivity contribution in [1.29, 1.82) is 0 Å². The number of nitrogens with two attached hydrogens (primary N) is 1. The highest BCUT2D eigenvalue weighted by Crippen LogP contribution is 2.24. The minimum absolute atomic E-state index is 0.157. The Balaban J connectivity index is 2.57. The molecule has 19 heavy (non-hydrogen) atoms. The molecule has 0 bridgehead atoms. The van der Waals surface area contributed by atoms with Gasteiger partial charge in [-0.05, 0) is 26.9 Å². The van der Waals surface area contributed by atoms with Gasteiger partial charge in [0.2, 0.25) is 5.91 Å².